The average Bonchev–Trinajstić information content (AvgIpc) is 3.16. The summed E-state index contributed by atoms with van der Waals surface area (Å²) in [6.45, 7) is 3.65. The number of hydrogen-bond donors (Lipinski definition) is 0. The van der Waals surface area contributed by atoms with Gasteiger partial charge >= 0.3 is 6.18 Å². The number of aryl methyl sites for hydroxylation is 1. The zero-order valence-electron chi connectivity index (χ0n) is 13.2. The van der Waals surface area contributed by atoms with Crippen molar-refractivity contribution in [2.75, 3.05) is 5.75 Å². The van der Waals surface area contributed by atoms with Gasteiger partial charge in [-0.05, 0) is 12.1 Å². The van der Waals surface area contributed by atoms with Crippen molar-refractivity contribution >= 4 is 11.8 Å². The molecule has 0 spiro atoms. The van der Waals surface area contributed by atoms with E-state index in [9.17, 15) is 13.2 Å². The van der Waals surface area contributed by atoms with Crippen LogP contribution in [0.3, 0.4) is 0 Å². The first-order chi connectivity index (χ1) is 11.9. The minimum atomic E-state index is -4.58. The average molecular weight is 365 g/mol. The molecule has 2 aromatic heterocycles. The van der Waals surface area contributed by atoms with Gasteiger partial charge in [-0.1, -0.05) is 36.0 Å². The molecule has 1 aromatic carbocycles. The maximum absolute atomic E-state index is 13.3. The van der Waals surface area contributed by atoms with Crippen LogP contribution >= 0.6 is 11.8 Å². The highest BCUT2D eigenvalue weighted by atomic mass is 32.2. The molecule has 25 heavy (non-hydrogen) atoms. The summed E-state index contributed by atoms with van der Waals surface area (Å²) in [6, 6.07) is 9.00. The molecule has 5 nitrogen and oxygen atoms in total. The lowest BCUT2D eigenvalue weighted by Gasteiger charge is -2.10. The van der Waals surface area contributed by atoms with E-state index in [0.29, 0.717) is 16.6 Å². The van der Waals surface area contributed by atoms with E-state index in [1.807, 2.05) is 6.07 Å². The number of thioether (sulfide) groups is 1. The van der Waals surface area contributed by atoms with Gasteiger partial charge in [0.05, 0.1) is 5.56 Å². The Kier molecular flexibility index (Phi) is 4.67. The van der Waals surface area contributed by atoms with E-state index < -0.39 is 11.9 Å². The van der Waals surface area contributed by atoms with E-state index in [1.165, 1.54) is 25.0 Å². The van der Waals surface area contributed by atoms with Gasteiger partial charge in [-0.25, -0.2) is 0 Å². The molecule has 0 unspecified atom stereocenters. The predicted octanol–water partition coefficient (Wildman–Crippen LogP) is 3.96. The van der Waals surface area contributed by atoms with Crippen LogP contribution in [0.4, 0.5) is 13.2 Å². The summed E-state index contributed by atoms with van der Waals surface area (Å²) in [4.78, 5) is 0. The Bertz CT molecular complexity index is 883. The van der Waals surface area contributed by atoms with E-state index in [2.05, 4.69) is 21.9 Å². The van der Waals surface area contributed by atoms with E-state index in [-0.39, 0.29) is 11.4 Å². The van der Waals surface area contributed by atoms with Crippen molar-refractivity contribution in [3.05, 3.63) is 54.9 Å². The molecule has 0 saturated heterocycles. The Morgan fingerprint density at radius 2 is 1.92 bits per heavy atom. The van der Waals surface area contributed by atoms with Gasteiger partial charge in [0.15, 0.2) is 16.7 Å². The Morgan fingerprint density at radius 1 is 1.20 bits per heavy atom. The van der Waals surface area contributed by atoms with Crippen molar-refractivity contribution in [2.45, 2.75) is 11.3 Å². The van der Waals surface area contributed by atoms with Crippen LogP contribution in [0.5, 0.6) is 0 Å². The molecule has 3 aromatic rings. The second kappa shape index (κ2) is 6.75. The molecule has 3 rings (SSSR count). The monoisotopic (exact) mass is 365 g/mol. The fourth-order valence-electron chi connectivity index (χ4n) is 2.34. The third-order valence-corrected chi connectivity index (χ3v) is 4.24. The van der Waals surface area contributed by atoms with E-state index >= 15 is 0 Å². The Morgan fingerprint density at radius 3 is 2.56 bits per heavy atom. The molecular weight excluding hydrogens is 351 g/mol. The molecule has 0 fully saturated rings. The van der Waals surface area contributed by atoms with Crippen LogP contribution in [0, 0.1) is 0 Å². The smallest absolute Gasteiger partial charge is 0.274 e. The quantitative estimate of drug-likeness (QED) is 0.507. The van der Waals surface area contributed by atoms with Gasteiger partial charge in [0.25, 0.3) is 0 Å². The molecule has 2 heterocycles. The third-order valence-electron chi connectivity index (χ3n) is 3.32. The maximum atomic E-state index is 13.3. The van der Waals surface area contributed by atoms with Crippen molar-refractivity contribution in [2.24, 2.45) is 7.05 Å². The van der Waals surface area contributed by atoms with E-state index in [1.54, 1.807) is 34.9 Å². The van der Waals surface area contributed by atoms with Crippen LogP contribution in [0.2, 0.25) is 0 Å². The third kappa shape index (κ3) is 3.46. The van der Waals surface area contributed by atoms with Gasteiger partial charge < -0.3 is 0 Å². The lowest BCUT2D eigenvalue weighted by molar-refractivity contribution is -0.141. The van der Waals surface area contributed by atoms with Gasteiger partial charge in [0.2, 0.25) is 0 Å². The second-order valence-corrected chi connectivity index (χ2v) is 6.13. The molecule has 130 valence electrons. The van der Waals surface area contributed by atoms with E-state index in [4.69, 9.17) is 0 Å². The van der Waals surface area contributed by atoms with E-state index in [0.717, 1.165) is 4.68 Å². The molecule has 0 atom stereocenters. The normalized spacial score (nSPS) is 11.7. The van der Waals surface area contributed by atoms with Crippen LogP contribution in [-0.2, 0) is 13.2 Å². The Balaban J connectivity index is 2.21. The number of halogens is 3. The van der Waals surface area contributed by atoms with Crippen LogP contribution < -0.4 is 0 Å². The van der Waals surface area contributed by atoms with Crippen LogP contribution in [0.15, 0.2) is 54.3 Å². The second-order valence-electron chi connectivity index (χ2n) is 5.14. The van der Waals surface area contributed by atoms with Crippen molar-refractivity contribution in [1.82, 2.24) is 24.5 Å². The number of rotatable bonds is 5. The number of aromatic nitrogens is 5. The maximum Gasteiger partial charge on any atom is 0.435 e. The first-order valence-corrected chi connectivity index (χ1v) is 8.26. The predicted molar refractivity (Wildman–Crippen MR) is 89.5 cm³/mol. The number of para-hydroxylation sites is 1. The summed E-state index contributed by atoms with van der Waals surface area (Å²) in [5.74, 6) is 0.655. The summed E-state index contributed by atoms with van der Waals surface area (Å²) in [6.07, 6.45) is -1.59. The van der Waals surface area contributed by atoms with Gasteiger partial charge in [0, 0.05) is 24.7 Å². The summed E-state index contributed by atoms with van der Waals surface area (Å²) in [7, 11) is 1.44. The summed E-state index contributed by atoms with van der Waals surface area (Å²) >= 11 is 1.34. The van der Waals surface area contributed by atoms with Crippen molar-refractivity contribution in [3.63, 3.8) is 0 Å². The number of benzene rings is 1. The number of hydrogen-bond acceptors (Lipinski definition) is 4. The number of nitrogens with zero attached hydrogens (tertiary/aromatic N) is 5. The zero-order valence-corrected chi connectivity index (χ0v) is 14.1. The van der Waals surface area contributed by atoms with Crippen LogP contribution in [-0.4, -0.2) is 30.3 Å². The van der Waals surface area contributed by atoms with Gasteiger partial charge in [0.1, 0.15) is 0 Å². The minimum Gasteiger partial charge on any atom is -0.274 e. The molecule has 0 saturated carbocycles. The topological polar surface area (TPSA) is 48.5 Å². The Labute approximate surface area is 146 Å². The molecule has 0 aliphatic rings. The highest BCUT2D eigenvalue weighted by Gasteiger charge is 2.39. The molecule has 0 N–H and O–H groups in total. The minimum absolute atomic E-state index is 0.0955. The lowest BCUT2D eigenvalue weighted by atomic mass is 10.2. The molecule has 0 aliphatic carbocycles. The van der Waals surface area contributed by atoms with Crippen LogP contribution in [0.25, 0.3) is 17.1 Å². The lowest BCUT2D eigenvalue weighted by Crippen LogP contribution is -2.09. The zero-order chi connectivity index (χ0) is 18.0. The summed E-state index contributed by atoms with van der Waals surface area (Å²) in [5, 5.41) is 12.1. The SMILES string of the molecule is C=CCSc1nnc(-c2cn(C)nc2C(F)(F)F)n1-c1ccccc1. The molecule has 9 heteroatoms. The molecule has 0 amide bonds. The molecule has 0 aliphatic heterocycles. The molecular formula is C16H14F3N5S. The molecule has 0 bridgehead atoms. The first-order valence-electron chi connectivity index (χ1n) is 7.27. The standard InChI is InChI=1S/C16H14F3N5S/c1-3-9-25-15-21-20-14(24(15)11-7-5-4-6-8-11)12-10-23(2)22-13(12)16(17,18)19/h3-8,10H,1,9H2,2H3. The van der Waals surface area contributed by atoms with Crippen molar-refractivity contribution in [3.8, 4) is 17.1 Å². The fraction of sp³-hybridized carbons (Fsp3) is 0.188. The highest BCUT2D eigenvalue weighted by molar-refractivity contribution is 7.99. The largest absolute Gasteiger partial charge is 0.435 e. The van der Waals surface area contributed by atoms with Gasteiger partial charge in [-0.3, -0.25) is 9.25 Å². The highest BCUT2D eigenvalue weighted by Crippen LogP contribution is 2.37. The molecule has 0 radical (unpaired) electrons. The van der Waals surface area contributed by atoms with Crippen LogP contribution in [0.1, 0.15) is 5.69 Å². The fourth-order valence-corrected chi connectivity index (χ4v) is 3.03. The first kappa shape index (κ1) is 17.3. The summed E-state index contributed by atoms with van der Waals surface area (Å²) in [5.41, 5.74) is -0.428. The number of alkyl halides is 3. The summed E-state index contributed by atoms with van der Waals surface area (Å²) < 4.78 is 42.7. The van der Waals surface area contributed by atoms with Gasteiger partial charge in [-0.15, -0.1) is 16.8 Å². The van der Waals surface area contributed by atoms with Crippen molar-refractivity contribution < 1.29 is 13.2 Å². The van der Waals surface area contributed by atoms with Gasteiger partial charge in [-0.2, -0.15) is 18.3 Å². The Hall–Kier alpha value is -2.55. The van der Waals surface area contributed by atoms with Crippen molar-refractivity contribution in [1.29, 1.82) is 0 Å².